The number of amides is 2. The summed E-state index contributed by atoms with van der Waals surface area (Å²) in [6.07, 6.45) is 0.216. The van der Waals surface area contributed by atoms with Crippen LogP contribution < -0.4 is 19.1 Å². The molecule has 2 aliphatic rings. The van der Waals surface area contributed by atoms with E-state index < -0.39 is 0 Å². The van der Waals surface area contributed by atoms with Crippen molar-refractivity contribution >= 4 is 17.5 Å². The maximum atomic E-state index is 13.2. The molecule has 4 rings (SSSR count). The van der Waals surface area contributed by atoms with Crippen LogP contribution in [-0.4, -0.2) is 50.1 Å². The van der Waals surface area contributed by atoms with Crippen LogP contribution in [-0.2, 0) is 16.1 Å². The molecule has 0 bridgehead atoms. The Kier molecular flexibility index (Phi) is 5.79. The molecule has 0 saturated carbocycles. The standard InChI is InChI=1S/C23H26N2O5/c1-3-24(14-16-5-4-6-20-22(16)30-12-11-29-20)23(27)17-13-21(26)25(15-17)18-7-9-19(28-2)10-8-18/h4-10,17H,3,11-15H2,1-2H3. The second-order valence-electron chi connectivity index (χ2n) is 7.40. The van der Waals surface area contributed by atoms with Gasteiger partial charge in [-0.05, 0) is 37.3 Å². The smallest absolute Gasteiger partial charge is 0.228 e. The van der Waals surface area contributed by atoms with Crippen molar-refractivity contribution in [2.24, 2.45) is 5.92 Å². The molecule has 7 nitrogen and oxygen atoms in total. The Balaban J connectivity index is 1.47. The fourth-order valence-corrected chi connectivity index (χ4v) is 3.95. The first-order chi connectivity index (χ1) is 14.6. The molecule has 158 valence electrons. The molecule has 2 aliphatic heterocycles. The normalized spacial score (nSPS) is 17.7. The number of carbonyl (C=O) groups is 2. The van der Waals surface area contributed by atoms with Gasteiger partial charge in [0.1, 0.15) is 19.0 Å². The third-order valence-corrected chi connectivity index (χ3v) is 5.56. The summed E-state index contributed by atoms with van der Waals surface area (Å²) in [6, 6.07) is 13.0. The molecule has 7 heteroatoms. The zero-order valence-corrected chi connectivity index (χ0v) is 17.3. The van der Waals surface area contributed by atoms with Gasteiger partial charge >= 0.3 is 0 Å². The van der Waals surface area contributed by atoms with Gasteiger partial charge in [-0.15, -0.1) is 0 Å². The van der Waals surface area contributed by atoms with Gasteiger partial charge in [0.15, 0.2) is 11.5 Å². The lowest BCUT2D eigenvalue weighted by atomic mass is 10.1. The van der Waals surface area contributed by atoms with Crippen molar-refractivity contribution in [3.8, 4) is 17.2 Å². The van der Waals surface area contributed by atoms with E-state index in [1.807, 2.05) is 49.4 Å². The third kappa shape index (κ3) is 3.92. The van der Waals surface area contributed by atoms with Crippen LogP contribution in [0.5, 0.6) is 17.2 Å². The lowest BCUT2D eigenvalue weighted by Gasteiger charge is -2.27. The van der Waals surface area contributed by atoms with E-state index in [4.69, 9.17) is 14.2 Å². The molecule has 2 heterocycles. The minimum Gasteiger partial charge on any atom is -0.497 e. The molecule has 2 aromatic carbocycles. The lowest BCUT2D eigenvalue weighted by Crippen LogP contribution is -2.37. The van der Waals surface area contributed by atoms with Crippen LogP contribution >= 0.6 is 0 Å². The number of anilines is 1. The van der Waals surface area contributed by atoms with Gasteiger partial charge in [-0.25, -0.2) is 0 Å². The average Bonchev–Trinajstić information content (AvgIpc) is 3.18. The van der Waals surface area contributed by atoms with Crippen molar-refractivity contribution in [1.82, 2.24) is 4.90 Å². The summed E-state index contributed by atoms with van der Waals surface area (Å²) in [7, 11) is 1.60. The van der Waals surface area contributed by atoms with Crippen LogP contribution in [0.4, 0.5) is 5.69 Å². The zero-order valence-electron chi connectivity index (χ0n) is 17.3. The van der Waals surface area contributed by atoms with Crippen LogP contribution in [0.15, 0.2) is 42.5 Å². The van der Waals surface area contributed by atoms with E-state index >= 15 is 0 Å². The summed E-state index contributed by atoms with van der Waals surface area (Å²) < 4.78 is 16.6. The Morgan fingerprint density at radius 3 is 2.67 bits per heavy atom. The highest BCUT2D eigenvalue weighted by Crippen LogP contribution is 2.35. The number of fused-ring (bicyclic) bond motifs is 1. The summed E-state index contributed by atoms with van der Waals surface area (Å²) in [6.45, 7) is 4.33. The van der Waals surface area contributed by atoms with E-state index in [2.05, 4.69) is 0 Å². The average molecular weight is 410 g/mol. The van der Waals surface area contributed by atoms with Crippen LogP contribution in [0, 0.1) is 5.92 Å². The van der Waals surface area contributed by atoms with Gasteiger partial charge in [0, 0.05) is 37.3 Å². The van der Waals surface area contributed by atoms with E-state index in [1.54, 1.807) is 16.9 Å². The number of hydrogen-bond donors (Lipinski definition) is 0. The van der Waals surface area contributed by atoms with Crippen molar-refractivity contribution in [3.63, 3.8) is 0 Å². The lowest BCUT2D eigenvalue weighted by molar-refractivity contribution is -0.136. The quantitative estimate of drug-likeness (QED) is 0.733. The van der Waals surface area contributed by atoms with Crippen molar-refractivity contribution in [3.05, 3.63) is 48.0 Å². The maximum Gasteiger partial charge on any atom is 0.228 e. The molecule has 0 N–H and O–H groups in total. The molecule has 0 aromatic heterocycles. The van der Waals surface area contributed by atoms with Crippen molar-refractivity contribution < 1.29 is 23.8 Å². The number of methoxy groups -OCH3 is 1. The highest BCUT2D eigenvalue weighted by atomic mass is 16.6. The molecule has 1 fully saturated rings. The summed E-state index contributed by atoms with van der Waals surface area (Å²) in [4.78, 5) is 29.3. The summed E-state index contributed by atoms with van der Waals surface area (Å²) >= 11 is 0. The Morgan fingerprint density at radius 2 is 1.93 bits per heavy atom. The van der Waals surface area contributed by atoms with Crippen LogP contribution in [0.2, 0.25) is 0 Å². The number of nitrogens with zero attached hydrogens (tertiary/aromatic N) is 2. The minimum absolute atomic E-state index is 0.0174. The number of para-hydroxylation sites is 1. The second-order valence-corrected chi connectivity index (χ2v) is 7.40. The molecular weight excluding hydrogens is 384 g/mol. The maximum absolute atomic E-state index is 13.2. The molecule has 2 amide bonds. The van der Waals surface area contributed by atoms with Crippen molar-refractivity contribution in [1.29, 1.82) is 0 Å². The van der Waals surface area contributed by atoms with E-state index in [9.17, 15) is 9.59 Å². The van der Waals surface area contributed by atoms with Gasteiger partial charge in [0.05, 0.1) is 13.0 Å². The Morgan fingerprint density at radius 1 is 1.17 bits per heavy atom. The van der Waals surface area contributed by atoms with Crippen molar-refractivity contribution in [2.75, 3.05) is 38.3 Å². The molecule has 2 aromatic rings. The largest absolute Gasteiger partial charge is 0.497 e. The molecule has 1 saturated heterocycles. The van der Waals surface area contributed by atoms with Gasteiger partial charge in [0.25, 0.3) is 0 Å². The van der Waals surface area contributed by atoms with Gasteiger partial charge in [-0.3, -0.25) is 9.59 Å². The van der Waals surface area contributed by atoms with Gasteiger partial charge in [-0.2, -0.15) is 0 Å². The first-order valence-electron chi connectivity index (χ1n) is 10.2. The highest BCUT2D eigenvalue weighted by molar-refractivity contribution is 6.00. The van der Waals surface area contributed by atoms with E-state index in [-0.39, 0.29) is 24.2 Å². The van der Waals surface area contributed by atoms with E-state index in [1.165, 1.54) is 0 Å². The first kappa shape index (κ1) is 20.1. The third-order valence-electron chi connectivity index (χ3n) is 5.56. The first-order valence-corrected chi connectivity index (χ1v) is 10.2. The van der Waals surface area contributed by atoms with Crippen LogP contribution in [0.1, 0.15) is 18.9 Å². The number of carbonyl (C=O) groups excluding carboxylic acids is 2. The number of benzene rings is 2. The fourth-order valence-electron chi connectivity index (χ4n) is 3.95. The predicted molar refractivity (Wildman–Crippen MR) is 112 cm³/mol. The minimum atomic E-state index is -0.365. The predicted octanol–water partition coefficient (Wildman–Crippen LogP) is 2.87. The molecule has 0 spiro atoms. The summed E-state index contributed by atoms with van der Waals surface area (Å²) in [5, 5.41) is 0. The summed E-state index contributed by atoms with van der Waals surface area (Å²) in [5.41, 5.74) is 1.69. The Bertz CT molecular complexity index is 928. The topological polar surface area (TPSA) is 68.3 Å². The van der Waals surface area contributed by atoms with Crippen molar-refractivity contribution in [2.45, 2.75) is 19.9 Å². The number of rotatable bonds is 6. The fraction of sp³-hybridized carbons (Fsp3) is 0.391. The molecular formula is C23H26N2O5. The zero-order chi connectivity index (χ0) is 21.1. The molecule has 30 heavy (non-hydrogen) atoms. The molecule has 1 unspecified atom stereocenters. The van der Waals surface area contributed by atoms with Gasteiger partial charge in [0.2, 0.25) is 11.8 Å². The van der Waals surface area contributed by atoms with E-state index in [0.717, 1.165) is 17.0 Å². The van der Waals surface area contributed by atoms with Crippen LogP contribution in [0.3, 0.4) is 0 Å². The Labute approximate surface area is 176 Å². The Hall–Kier alpha value is -3.22. The molecule has 0 aliphatic carbocycles. The molecule has 1 atom stereocenters. The number of hydrogen-bond acceptors (Lipinski definition) is 5. The van der Waals surface area contributed by atoms with Crippen LogP contribution in [0.25, 0.3) is 0 Å². The monoisotopic (exact) mass is 410 g/mol. The number of ether oxygens (including phenoxy) is 3. The van der Waals surface area contributed by atoms with E-state index in [0.29, 0.717) is 44.3 Å². The second kappa shape index (κ2) is 8.65. The van der Waals surface area contributed by atoms with Gasteiger partial charge < -0.3 is 24.0 Å². The highest BCUT2D eigenvalue weighted by Gasteiger charge is 2.37. The SMILES string of the molecule is CCN(Cc1cccc2c1OCCO2)C(=O)C1CC(=O)N(c2ccc(OC)cc2)C1. The molecule has 0 radical (unpaired) electrons. The van der Waals surface area contributed by atoms with Gasteiger partial charge in [-0.1, -0.05) is 12.1 Å². The summed E-state index contributed by atoms with van der Waals surface area (Å²) in [5.74, 6) is 1.73.